The summed E-state index contributed by atoms with van der Waals surface area (Å²) in [5, 5.41) is 0. The number of hydrogen-bond donors (Lipinski definition) is 0. The molecule has 4 heteroatoms. The molecule has 0 amide bonds. The molecular weight excluding hydrogens is 208 g/mol. The van der Waals surface area contributed by atoms with Gasteiger partial charge in [-0.15, -0.1) is 0 Å². The highest BCUT2D eigenvalue weighted by Gasteiger charge is 2.28. The molecule has 0 aromatic carbocycles. The molecule has 0 fully saturated rings. The molecule has 90 valence electrons. The van der Waals surface area contributed by atoms with Crippen LogP contribution in [0, 0.1) is 0 Å². The summed E-state index contributed by atoms with van der Waals surface area (Å²) in [6.45, 7) is 10.5. The summed E-state index contributed by atoms with van der Waals surface area (Å²) in [5.74, 6) is 0. The van der Waals surface area contributed by atoms with E-state index < -0.39 is 8.56 Å². The van der Waals surface area contributed by atoms with Gasteiger partial charge in [-0.3, -0.25) is 0 Å². The molecule has 0 heterocycles. The number of hydrogen-bond acceptors (Lipinski definition) is 3. The van der Waals surface area contributed by atoms with Crippen LogP contribution >= 0.6 is 0 Å². The molecule has 0 aliphatic heterocycles. The van der Waals surface area contributed by atoms with Crippen LogP contribution in [0.5, 0.6) is 0 Å². The fourth-order valence-electron chi connectivity index (χ4n) is 1.12. The monoisotopic (exact) mass is 232 g/mol. The second kappa shape index (κ2) is 7.17. The van der Waals surface area contributed by atoms with Gasteiger partial charge in [0.1, 0.15) is 0 Å². The van der Waals surface area contributed by atoms with Crippen molar-refractivity contribution in [2.75, 3.05) is 20.8 Å². The minimum Gasteiger partial charge on any atom is -0.398 e. The van der Waals surface area contributed by atoms with E-state index in [9.17, 15) is 0 Å². The summed E-state index contributed by atoms with van der Waals surface area (Å²) in [6, 6.07) is 0.956. The maximum atomic E-state index is 5.60. The topological polar surface area (TPSA) is 27.7 Å². The van der Waals surface area contributed by atoms with E-state index in [-0.39, 0.29) is 6.10 Å². The minimum absolute atomic E-state index is 0.235. The fourth-order valence-corrected chi connectivity index (χ4v) is 2.63. The Morgan fingerprint density at radius 1 is 1.33 bits per heavy atom. The lowest BCUT2D eigenvalue weighted by Crippen LogP contribution is -2.36. The summed E-state index contributed by atoms with van der Waals surface area (Å²) < 4.78 is 16.4. The van der Waals surface area contributed by atoms with Crippen LogP contribution in [0.2, 0.25) is 12.6 Å². The van der Waals surface area contributed by atoms with E-state index in [1.54, 1.807) is 14.2 Å². The standard InChI is InChI=1S/C11H24O3Si/c1-10(2)9-14-11(3)7-8-15(6,12-4)13-5/h11H,1,7-9H2,2-6H3. The Labute approximate surface area is 94.7 Å². The van der Waals surface area contributed by atoms with Crippen molar-refractivity contribution in [3.05, 3.63) is 12.2 Å². The largest absolute Gasteiger partial charge is 0.398 e. The molecule has 0 aromatic rings. The predicted octanol–water partition coefficient (Wildman–Crippen LogP) is 2.72. The van der Waals surface area contributed by atoms with Crippen LogP contribution in [-0.2, 0) is 13.6 Å². The van der Waals surface area contributed by atoms with Gasteiger partial charge in [0.15, 0.2) is 0 Å². The van der Waals surface area contributed by atoms with E-state index in [0.29, 0.717) is 6.61 Å². The SMILES string of the molecule is C=C(C)COC(C)CC[Si](C)(OC)OC. The number of rotatable bonds is 8. The van der Waals surface area contributed by atoms with Crippen molar-refractivity contribution in [2.45, 2.75) is 39.0 Å². The lowest BCUT2D eigenvalue weighted by molar-refractivity contribution is 0.0784. The second-order valence-electron chi connectivity index (χ2n) is 4.16. The van der Waals surface area contributed by atoms with Crippen molar-refractivity contribution in [1.82, 2.24) is 0 Å². The normalized spacial score (nSPS) is 13.9. The molecule has 0 spiro atoms. The minimum atomic E-state index is -1.92. The van der Waals surface area contributed by atoms with Crippen molar-refractivity contribution in [1.29, 1.82) is 0 Å². The summed E-state index contributed by atoms with van der Waals surface area (Å²) in [4.78, 5) is 0. The molecule has 1 atom stereocenters. The van der Waals surface area contributed by atoms with Gasteiger partial charge in [-0.05, 0) is 32.9 Å². The quantitative estimate of drug-likeness (QED) is 0.476. The molecule has 0 aromatic heterocycles. The molecule has 0 aliphatic rings. The Morgan fingerprint density at radius 2 is 1.87 bits per heavy atom. The zero-order chi connectivity index (χ0) is 11.9. The lowest BCUT2D eigenvalue weighted by atomic mass is 10.3. The third kappa shape index (κ3) is 6.84. The molecule has 1 unspecified atom stereocenters. The molecular formula is C11H24O3Si. The Kier molecular flexibility index (Phi) is 7.09. The van der Waals surface area contributed by atoms with Gasteiger partial charge in [-0.2, -0.15) is 0 Å². The zero-order valence-electron chi connectivity index (χ0n) is 10.6. The van der Waals surface area contributed by atoms with E-state index in [0.717, 1.165) is 18.0 Å². The van der Waals surface area contributed by atoms with Crippen molar-refractivity contribution in [3.8, 4) is 0 Å². The van der Waals surface area contributed by atoms with Gasteiger partial charge in [0.2, 0.25) is 0 Å². The Hall–Kier alpha value is -0.163. The van der Waals surface area contributed by atoms with Crippen LogP contribution in [0.15, 0.2) is 12.2 Å². The molecule has 0 saturated carbocycles. The van der Waals surface area contributed by atoms with Crippen LogP contribution < -0.4 is 0 Å². The summed E-state index contributed by atoms with van der Waals surface area (Å²) in [6.07, 6.45) is 1.20. The van der Waals surface area contributed by atoms with Crippen molar-refractivity contribution >= 4 is 8.56 Å². The van der Waals surface area contributed by atoms with Gasteiger partial charge < -0.3 is 13.6 Å². The van der Waals surface area contributed by atoms with Crippen molar-refractivity contribution < 1.29 is 13.6 Å². The summed E-state index contributed by atoms with van der Waals surface area (Å²) >= 11 is 0. The molecule has 15 heavy (non-hydrogen) atoms. The zero-order valence-corrected chi connectivity index (χ0v) is 11.6. The van der Waals surface area contributed by atoms with Crippen molar-refractivity contribution in [3.63, 3.8) is 0 Å². The first-order valence-corrected chi connectivity index (χ1v) is 7.82. The highest BCUT2D eigenvalue weighted by molar-refractivity contribution is 6.65. The van der Waals surface area contributed by atoms with E-state index in [1.165, 1.54) is 0 Å². The predicted molar refractivity (Wildman–Crippen MR) is 65.3 cm³/mol. The van der Waals surface area contributed by atoms with E-state index >= 15 is 0 Å². The Bertz CT molecular complexity index is 190. The van der Waals surface area contributed by atoms with Gasteiger partial charge in [0, 0.05) is 14.2 Å². The smallest absolute Gasteiger partial charge is 0.334 e. The maximum absolute atomic E-state index is 5.60. The first-order valence-electron chi connectivity index (χ1n) is 5.30. The lowest BCUT2D eigenvalue weighted by Gasteiger charge is -2.24. The molecule has 0 N–H and O–H groups in total. The Morgan fingerprint density at radius 3 is 2.27 bits per heavy atom. The third-order valence-electron chi connectivity index (χ3n) is 2.48. The molecule has 0 bridgehead atoms. The first-order chi connectivity index (χ1) is 6.93. The Balaban J connectivity index is 3.78. The van der Waals surface area contributed by atoms with E-state index in [1.807, 2.05) is 6.92 Å². The number of ether oxygens (including phenoxy) is 1. The molecule has 0 radical (unpaired) electrons. The van der Waals surface area contributed by atoms with Gasteiger partial charge in [0.05, 0.1) is 12.7 Å². The second-order valence-corrected chi connectivity index (χ2v) is 7.74. The van der Waals surface area contributed by atoms with Gasteiger partial charge >= 0.3 is 8.56 Å². The van der Waals surface area contributed by atoms with Crippen LogP contribution in [0.4, 0.5) is 0 Å². The molecule has 0 rings (SSSR count). The molecule has 0 aliphatic carbocycles. The highest BCUT2D eigenvalue weighted by atomic mass is 28.4. The van der Waals surface area contributed by atoms with Crippen LogP contribution in [-0.4, -0.2) is 35.5 Å². The molecule has 0 saturated heterocycles. The molecule has 3 nitrogen and oxygen atoms in total. The summed E-state index contributed by atoms with van der Waals surface area (Å²) in [7, 11) is 1.52. The van der Waals surface area contributed by atoms with Gasteiger partial charge in [0.25, 0.3) is 0 Å². The first kappa shape index (κ1) is 14.8. The van der Waals surface area contributed by atoms with Crippen molar-refractivity contribution in [2.24, 2.45) is 0 Å². The van der Waals surface area contributed by atoms with Gasteiger partial charge in [-0.25, -0.2) is 0 Å². The summed E-state index contributed by atoms with van der Waals surface area (Å²) in [5.41, 5.74) is 1.06. The van der Waals surface area contributed by atoms with E-state index in [4.69, 9.17) is 13.6 Å². The highest BCUT2D eigenvalue weighted by Crippen LogP contribution is 2.16. The average molecular weight is 232 g/mol. The average Bonchev–Trinajstić information content (AvgIpc) is 2.23. The van der Waals surface area contributed by atoms with Crippen LogP contribution in [0.25, 0.3) is 0 Å². The van der Waals surface area contributed by atoms with Gasteiger partial charge in [-0.1, -0.05) is 12.2 Å². The van der Waals surface area contributed by atoms with Crippen LogP contribution in [0.1, 0.15) is 20.3 Å². The maximum Gasteiger partial charge on any atom is 0.334 e. The van der Waals surface area contributed by atoms with E-state index in [2.05, 4.69) is 20.0 Å². The fraction of sp³-hybridized carbons (Fsp3) is 0.818. The van der Waals surface area contributed by atoms with Crippen LogP contribution in [0.3, 0.4) is 0 Å². The third-order valence-corrected chi connectivity index (χ3v) is 5.41.